The number of amides is 1. The van der Waals surface area contributed by atoms with Crippen LogP contribution in [0.4, 0.5) is 0 Å². The van der Waals surface area contributed by atoms with Crippen molar-refractivity contribution in [2.24, 2.45) is 5.10 Å². The lowest BCUT2D eigenvalue weighted by Gasteiger charge is -2.19. The summed E-state index contributed by atoms with van der Waals surface area (Å²) >= 11 is 0. The minimum absolute atomic E-state index is 0.186. The SMILES string of the molecule is COc1cccc(C2OC(c3cc(C4CC4)nc4ccccc34)=NN2C(C)=O)c1. The van der Waals surface area contributed by atoms with Gasteiger partial charge < -0.3 is 9.47 Å². The number of ether oxygens (including phenoxy) is 2. The second-order valence-electron chi connectivity index (χ2n) is 7.40. The van der Waals surface area contributed by atoms with E-state index in [1.54, 1.807) is 7.11 Å². The molecule has 0 N–H and O–H groups in total. The van der Waals surface area contributed by atoms with Gasteiger partial charge in [-0.05, 0) is 37.1 Å². The Labute approximate surface area is 168 Å². The largest absolute Gasteiger partial charge is 0.497 e. The average molecular weight is 387 g/mol. The summed E-state index contributed by atoms with van der Waals surface area (Å²) in [6.07, 6.45) is 1.68. The second-order valence-corrected chi connectivity index (χ2v) is 7.40. The number of hydrogen-bond donors (Lipinski definition) is 0. The maximum absolute atomic E-state index is 12.3. The number of aromatic nitrogens is 1. The molecule has 1 fully saturated rings. The van der Waals surface area contributed by atoms with E-state index in [0.29, 0.717) is 17.6 Å². The minimum atomic E-state index is -0.631. The van der Waals surface area contributed by atoms with Crippen molar-refractivity contribution < 1.29 is 14.3 Å². The molecule has 2 aliphatic rings. The van der Waals surface area contributed by atoms with Gasteiger partial charge in [0.1, 0.15) is 5.75 Å². The van der Waals surface area contributed by atoms with Crippen molar-refractivity contribution in [3.05, 3.63) is 71.4 Å². The van der Waals surface area contributed by atoms with Crippen molar-refractivity contribution in [2.75, 3.05) is 7.11 Å². The molecular formula is C23H21N3O3. The molecule has 1 amide bonds. The normalized spacial score (nSPS) is 18.5. The average Bonchev–Trinajstić information content (AvgIpc) is 3.51. The van der Waals surface area contributed by atoms with Crippen LogP contribution in [0.25, 0.3) is 10.9 Å². The zero-order valence-electron chi connectivity index (χ0n) is 16.3. The zero-order chi connectivity index (χ0) is 20.0. The van der Waals surface area contributed by atoms with Crippen LogP contribution in [0.3, 0.4) is 0 Å². The lowest BCUT2D eigenvalue weighted by Crippen LogP contribution is -2.25. The molecule has 6 nitrogen and oxygen atoms in total. The number of carbonyl (C=O) groups is 1. The van der Waals surface area contributed by atoms with Gasteiger partial charge in [-0.3, -0.25) is 9.78 Å². The van der Waals surface area contributed by atoms with E-state index >= 15 is 0 Å². The summed E-state index contributed by atoms with van der Waals surface area (Å²) in [6, 6.07) is 17.5. The highest BCUT2D eigenvalue weighted by atomic mass is 16.5. The van der Waals surface area contributed by atoms with E-state index in [9.17, 15) is 4.79 Å². The number of hydrogen-bond acceptors (Lipinski definition) is 5. The van der Waals surface area contributed by atoms with Gasteiger partial charge in [-0.25, -0.2) is 0 Å². The summed E-state index contributed by atoms with van der Waals surface area (Å²) in [5.74, 6) is 1.45. The van der Waals surface area contributed by atoms with E-state index in [1.807, 2.05) is 48.5 Å². The highest BCUT2D eigenvalue weighted by Crippen LogP contribution is 2.41. The first-order valence-corrected chi connectivity index (χ1v) is 9.73. The molecule has 3 aromatic rings. The van der Waals surface area contributed by atoms with Crippen LogP contribution in [0, 0.1) is 0 Å². The van der Waals surface area contributed by atoms with Gasteiger partial charge >= 0.3 is 0 Å². The molecule has 1 aliphatic carbocycles. The fraction of sp³-hybridized carbons (Fsp3) is 0.261. The number of carbonyl (C=O) groups excluding carboxylic acids is 1. The van der Waals surface area contributed by atoms with Gasteiger partial charge in [-0.2, -0.15) is 5.01 Å². The third-order valence-corrected chi connectivity index (χ3v) is 5.31. The van der Waals surface area contributed by atoms with E-state index in [-0.39, 0.29) is 5.91 Å². The molecule has 0 spiro atoms. The van der Waals surface area contributed by atoms with Crippen LogP contribution in [0.15, 0.2) is 59.7 Å². The van der Waals surface area contributed by atoms with Crippen molar-refractivity contribution in [2.45, 2.75) is 31.9 Å². The molecule has 1 saturated carbocycles. The monoisotopic (exact) mass is 387 g/mol. The summed E-state index contributed by atoms with van der Waals surface area (Å²) in [7, 11) is 1.61. The van der Waals surface area contributed by atoms with E-state index in [0.717, 1.165) is 40.6 Å². The number of nitrogens with zero attached hydrogens (tertiary/aromatic N) is 3. The van der Waals surface area contributed by atoms with Gasteiger partial charge in [0, 0.05) is 35.0 Å². The number of pyridine rings is 1. The molecular weight excluding hydrogens is 366 g/mol. The Morgan fingerprint density at radius 3 is 2.72 bits per heavy atom. The number of benzene rings is 2. The van der Waals surface area contributed by atoms with Crippen molar-refractivity contribution in [3.63, 3.8) is 0 Å². The number of para-hydroxylation sites is 1. The molecule has 0 radical (unpaired) electrons. The molecule has 146 valence electrons. The lowest BCUT2D eigenvalue weighted by molar-refractivity contribution is -0.135. The van der Waals surface area contributed by atoms with Gasteiger partial charge in [0.25, 0.3) is 0 Å². The van der Waals surface area contributed by atoms with Crippen LogP contribution in [0.2, 0.25) is 0 Å². The maximum atomic E-state index is 12.3. The highest BCUT2D eigenvalue weighted by Gasteiger charge is 2.35. The Morgan fingerprint density at radius 1 is 1.14 bits per heavy atom. The van der Waals surface area contributed by atoms with Crippen LogP contribution in [0.5, 0.6) is 5.75 Å². The predicted octanol–water partition coefficient (Wildman–Crippen LogP) is 4.36. The number of rotatable bonds is 4. The van der Waals surface area contributed by atoms with Gasteiger partial charge in [0.2, 0.25) is 18.0 Å². The first kappa shape index (κ1) is 17.7. The van der Waals surface area contributed by atoms with E-state index in [4.69, 9.17) is 14.5 Å². The Hall–Kier alpha value is -3.41. The summed E-state index contributed by atoms with van der Waals surface area (Å²) in [4.78, 5) is 17.1. The number of fused-ring (bicyclic) bond motifs is 1. The maximum Gasteiger partial charge on any atom is 0.243 e. The van der Waals surface area contributed by atoms with Crippen LogP contribution < -0.4 is 4.74 Å². The minimum Gasteiger partial charge on any atom is -0.497 e. The Balaban J connectivity index is 1.59. The molecule has 0 bridgehead atoms. The zero-order valence-corrected chi connectivity index (χ0v) is 16.3. The second kappa shape index (κ2) is 6.88. The molecule has 5 rings (SSSR count). The summed E-state index contributed by atoms with van der Waals surface area (Å²) in [6.45, 7) is 1.49. The van der Waals surface area contributed by atoms with Crippen LogP contribution in [0.1, 0.15) is 48.7 Å². The predicted molar refractivity (Wildman–Crippen MR) is 110 cm³/mol. The van der Waals surface area contributed by atoms with Crippen LogP contribution >= 0.6 is 0 Å². The third kappa shape index (κ3) is 3.20. The number of hydrazone groups is 1. The van der Waals surface area contributed by atoms with E-state index in [2.05, 4.69) is 11.2 Å². The van der Waals surface area contributed by atoms with Gasteiger partial charge in [-0.1, -0.05) is 30.3 Å². The molecule has 1 atom stereocenters. The Kier molecular flexibility index (Phi) is 4.19. The molecule has 29 heavy (non-hydrogen) atoms. The first-order chi connectivity index (χ1) is 14.1. The summed E-state index contributed by atoms with van der Waals surface area (Å²) in [5, 5.41) is 6.90. The number of methoxy groups -OCH3 is 1. The highest BCUT2D eigenvalue weighted by molar-refractivity contribution is 6.07. The van der Waals surface area contributed by atoms with Crippen molar-refractivity contribution in [1.29, 1.82) is 0 Å². The summed E-state index contributed by atoms with van der Waals surface area (Å²) in [5.41, 5.74) is 3.65. The molecule has 2 aromatic carbocycles. The molecule has 1 aliphatic heterocycles. The fourth-order valence-electron chi connectivity index (χ4n) is 3.65. The standard InChI is InChI=1S/C23H21N3O3/c1-14(27)26-23(16-6-5-7-17(12-16)28-2)29-22(25-26)19-13-21(15-10-11-15)24-20-9-4-3-8-18(19)20/h3-9,12-13,15,23H,10-11H2,1-2H3. The summed E-state index contributed by atoms with van der Waals surface area (Å²) < 4.78 is 11.6. The quantitative estimate of drug-likeness (QED) is 0.667. The molecule has 1 aromatic heterocycles. The van der Waals surface area contributed by atoms with Gasteiger partial charge in [-0.15, -0.1) is 5.10 Å². The van der Waals surface area contributed by atoms with Crippen molar-refractivity contribution >= 4 is 22.7 Å². The molecule has 0 saturated heterocycles. The van der Waals surface area contributed by atoms with E-state index < -0.39 is 6.23 Å². The first-order valence-electron chi connectivity index (χ1n) is 9.73. The molecule has 1 unspecified atom stereocenters. The van der Waals surface area contributed by atoms with Crippen molar-refractivity contribution in [3.8, 4) is 5.75 Å². The fourth-order valence-corrected chi connectivity index (χ4v) is 3.65. The van der Waals surface area contributed by atoms with E-state index in [1.165, 1.54) is 11.9 Å². The molecule has 2 heterocycles. The lowest BCUT2D eigenvalue weighted by atomic mass is 10.1. The smallest absolute Gasteiger partial charge is 0.243 e. The van der Waals surface area contributed by atoms with Crippen LogP contribution in [-0.4, -0.2) is 28.9 Å². The molecule has 6 heteroatoms. The van der Waals surface area contributed by atoms with Crippen molar-refractivity contribution in [1.82, 2.24) is 9.99 Å². The van der Waals surface area contributed by atoms with Gasteiger partial charge in [0.15, 0.2) is 0 Å². The van der Waals surface area contributed by atoms with Crippen LogP contribution in [-0.2, 0) is 9.53 Å². The topological polar surface area (TPSA) is 64.0 Å². The Bertz CT molecular complexity index is 1140. The third-order valence-electron chi connectivity index (χ3n) is 5.31. The van der Waals surface area contributed by atoms with Gasteiger partial charge in [0.05, 0.1) is 12.6 Å². The Morgan fingerprint density at radius 2 is 1.97 bits per heavy atom.